The van der Waals surface area contributed by atoms with Gasteiger partial charge in [-0.25, -0.2) is 4.79 Å². The van der Waals surface area contributed by atoms with Gasteiger partial charge in [0, 0.05) is 0 Å². The van der Waals surface area contributed by atoms with Gasteiger partial charge in [-0.05, 0) is 30.2 Å². The first-order chi connectivity index (χ1) is 8.54. The van der Waals surface area contributed by atoms with Gasteiger partial charge >= 0.3 is 5.97 Å². The largest absolute Gasteiger partial charge is 0.493 e. The lowest BCUT2D eigenvalue weighted by atomic mass is 10.0. The number of hydrogen-bond donors (Lipinski definition) is 1. The highest BCUT2D eigenvalue weighted by Gasteiger charge is 2.13. The van der Waals surface area contributed by atoms with Gasteiger partial charge < -0.3 is 14.6 Å². The Morgan fingerprint density at radius 3 is 2.33 bits per heavy atom. The Labute approximate surface area is 105 Å². The fraction of sp³-hybridized carbons (Fsp3) is 0.231. The Hall–Kier alpha value is -2.48. The van der Waals surface area contributed by atoms with E-state index < -0.39 is 5.97 Å². The molecule has 0 amide bonds. The van der Waals surface area contributed by atoms with Gasteiger partial charge in [0.25, 0.3) is 0 Å². The topological polar surface area (TPSA) is 79.5 Å². The van der Waals surface area contributed by atoms with Crippen LogP contribution in [0, 0.1) is 11.3 Å². The zero-order valence-electron chi connectivity index (χ0n) is 10.4. The molecule has 1 rings (SSSR count). The van der Waals surface area contributed by atoms with Crippen LogP contribution in [0.1, 0.15) is 12.5 Å². The molecule has 1 aromatic carbocycles. The molecular weight excluding hydrogens is 234 g/mol. The second-order valence-electron chi connectivity index (χ2n) is 3.49. The van der Waals surface area contributed by atoms with Gasteiger partial charge in [-0.1, -0.05) is 6.07 Å². The molecule has 0 aliphatic heterocycles. The maximum Gasteiger partial charge on any atom is 0.346 e. The summed E-state index contributed by atoms with van der Waals surface area (Å²) in [7, 11) is 3.00. The van der Waals surface area contributed by atoms with E-state index in [4.69, 9.17) is 19.8 Å². The van der Waals surface area contributed by atoms with Crippen molar-refractivity contribution in [3.05, 3.63) is 29.3 Å². The predicted octanol–water partition coefficient (Wildman–Crippen LogP) is 2.09. The summed E-state index contributed by atoms with van der Waals surface area (Å²) in [4.78, 5) is 10.9. The van der Waals surface area contributed by atoms with Gasteiger partial charge in [0.1, 0.15) is 11.6 Å². The van der Waals surface area contributed by atoms with E-state index in [1.54, 1.807) is 31.2 Å². The second-order valence-corrected chi connectivity index (χ2v) is 3.49. The van der Waals surface area contributed by atoms with Crippen LogP contribution in [0.3, 0.4) is 0 Å². The maximum absolute atomic E-state index is 10.9. The smallest absolute Gasteiger partial charge is 0.346 e. The molecule has 0 aromatic heterocycles. The molecule has 94 valence electrons. The lowest BCUT2D eigenvalue weighted by Gasteiger charge is -2.10. The summed E-state index contributed by atoms with van der Waals surface area (Å²) in [6.45, 7) is 1.58. The molecule has 0 saturated heterocycles. The minimum Gasteiger partial charge on any atom is -0.493 e. The van der Waals surface area contributed by atoms with Crippen LogP contribution < -0.4 is 9.47 Å². The highest BCUT2D eigenvalue weighted by Crippen LogP contribution is 2.31. The number of hydrogen-bond acceptors (Lipinski definition) is 4. The van der Waals surface area contributed by atoms with Crippen LogP contribution in [0.15, 0.2) is 23.8 Å². The number of rotatable bonds is 4. The van der Waals surface area contributed by atoms with Gasteiger partial charge in [0.05, 0.1) is 14.2 Å². The van der Waals surface area contributed by atoms with Crippen molar-refractivity contribution in [2.45, 2.75) is 6.92 Å². The summed E-state index contributed by atoms with van der Waals surface area (Å²) in [5, 5.41) is 17.7. The zero-order chi connectivity index (χ0) is 13.7. The second kappa shape index (κ2) is 5.73. The Kier molecular flexibility index (Phi) is 4.33. The maximum atomic E-state index is 10.9. The third-order valence-electron chi connectivity index (χ3n) is 2.52. The molecule has 5 heteroatoms. The first-order valence-corrected chi connectivity index (χ1v) is 5.11. The van der Waals surface area contributed by atoms with Crippen molar-refractivity contribution in [2.24, 2.45) is 0 Å². The fourth-order valence-corrected chi connectivity index (χ4v) is 1.51. The van der Waals surface area contributed by atoms with Crippen LogP contribution >= 0.6 is 0 Å². The van der Waals surface area contributed by atoms with Crippen LogP contribution in [-0.4, -0.2) is 25.3 Å². The molecule has 0 radical (unpaired) electrons. The highest BCUT2D eigenvalue weighted by atomic mass is 16.5. The van der Waals surface area contributed by atoms with E-state index in [0.717, 1.165) is 0 Å². The summed E-state index contributed by atoms with van der Waals surface area (Å²) < 4.78 is 10.2. The number of methoxy groups -OCH3 is 2. The molecule has 0 aliphatic carbocycles. The molecule has 1 aromatic rings. The van der Waals surface area contributed by atoms with Gasteiger partial charge in [0.2, 0.25) is 0 Å². The first kappa shape index (κ1) is 13.6. The Bertz CT molecular complexity index is 540. The van der Waals surface area contributed by atoms with Crippen molar-refractivity contribution in [3.63, 3.8) is 0 Å². The van der Waals surface area contributed by atoms with Gasteiger partial charge in [-0.15, -0.1) is 0 Å². The number of carboxylic acid groups (broad SMARTS) is 1. The molecule has 0 atom stereocenters. The van der Waals surface area contributed by atoms with Crippen molar-refractivity contribution in [1.29, 1.82) is 5.26 Å². The molecule has 0 aliphatic rings. The number of nitriles is 1. The summed E-state index contributed by atoms with van der Waals surface area (Å²) in [6, 6.07) is 6.65. The van der Waals surface area contributed by atoms with E-state index in [-0.39, 0.29) is 5.57 Å². The number of benzene rings is 1. The average Bonchev–Trinajstić information content (AvgIpc) is 2.38. The normalized spacial score (nSPS) is 11.2. The standard InChI is InChI=1S/C13H13NO4/c1-8(10(7-14)13(15)16)9-4-5-11(17-2)12(6-9)18-3/h4-6H,1-3H3,(H,15,16)/b10-8+. The number of allylic oxidation sites excluding steroid dienone is 1. The van der Waals surface area contributed by atoms with Crippen LogP contribution in [0.4, 0.5) is 0 Å². The van der Waals surface area contributed by atoms with Crippen molar-refractivity contribution in [3.8, 4) is 17.6 Å². The van der Waals surface area contributed by atoms with E-state index in [1.165, 1.54) is 14.2 Å². The number of ether oxygens (including phenoxy) is 2. The van der Waals surface area contributed by atoms with Crippen molar-refractivity contribution >= 4 is 11.5 Å². The van der Waals surface area contributed by atoms with Crippen molar-refractivity contribution in [2.75, 3.05) is 14.2 Å². The van der Waals surface area contributed by atoms with Gasteiger partial charge in [-0.2, -0.15) is 5.26 Å². The van der Waals surface area contributed by atoms with Crippen LogP contribution in [0.25, 0.3) is 5.57 Å². The molecule has 0 spiro atoms. The minimum absolute atomic E-state index is 0.290. The SMILES string of the molecule is COc1ccc(/C(C)=C(\C#N)C(=O)O)cc1OC. The average molecular weight is 247 g/mol. The monoisotopic (exact) mass is 247 g/mol. The van der Waals surface area contributed by atoms with Gasteiger partial charge in [-0.3, -0.25) is 0 Å². The summed E-state index contributed by atoms with van der Waals surface area (Å²) >= 11 is 0. The van der Waals surface area contributed by atoms with Crippen molar-refractivity contribution < 1.29 is 19.4 Å². The quantitative estimate of drug-likeness (QED) is 0.651. The number of carboxylic acids is 1. The molecule has 0 unspecified atom stereocenters. The summed E-state index contributed by atoms with van der Waals surface area (Å²) in [5.41, 5.74) is 0.694. The predicted molar refractivity (Wildman–Crippen MR) is 65.4 cm³/mol. The highest BCUT2D eigenvalue weighted by molar-refractivity contribution is 6.00. The van der Waals surface area contributed by atoms with E-state index in [2.05, 4.69) is 0 Å². The Morgan fingerprint density at radius 1 is 1.28 bits per heavy atom. The lowest BCUT2D eigenvalue weighted by Crippen LogP contribution is -2.01. The van der Waals surface area contributed by atoms with Crippen molar-refractivity contribution in [1.82, 2.24) is 0 Å². The molecular formula is C13H13NO4. The molecule has 0 saturated carbocycles. The van der Waals surface area contributed by atoms with Crippen LogP contribution in [-0.2, 0) is 4.79 Å². The van der Waals surface area contributed by atoms with Crippen LogP contribution in [0.5, 0.6) is 11.5 Å². The number of nitrogens with zero attached hydrogens (tertiary/aromatic N) is 1. The van der Waals surface area contributed by atoms with E-state index >= 15 is 0 Å². The number of aliphatic carboxylic acids is 1. The molecule has 1 N–H and O–H groups in total. The van der Waals surface area contributed by atoms with E-state index in [9.17, 15) is 4.79 Å². The first-order valence-electron chi connectivity index (χ1n) is 5.11. The van der Waals surface area contributed by atoms with E-state index in [1.807, 2.05) is 0 Å². The summed E-state index contributed by atoms with van der Waals surface area (Å²) in [5.74, 6) is -0.218. The minimum atomic E-state index is -1.25. The Morgan fingerprint density at radius 2 is 1.89 bits per heavy atom. The van der Waals surface area contributed by atoms with E-state index in [0.29, 0.717) is 22.6 Å². The third kappa shape index (κ3) is 2.61. The van der Waals surface area contributed by atoms with Crippen LogP contribution in [0.2, 0.25) is 0 Å². The number of carbonyl (C=O) groups is 1. The zero-order valence-corrected chi connectivity index (χ0v) is 10.4. The molecule has 18 heavy (non-hydrogen) atoms. The fourth-order valence-electron chi connectivity index (χ4n) is 1.51. The third-order valence-corrected chi connectivity index (χ3v) is 2.52. The molecule has 0 fully saturated rings. The molecule has 5 nitrogen and oxygen atoms in total. The summed E-state index contributed by atoms with van der Waals surface area (Å²) in [6.07, 6.45) is 0. The molecule has 0 heterocycles. The lowest BCUT2D eigenvalue weighted by molar-refractivity contribution is -0.132. The van der Waals surface area contributed by atoms with Gasteiger partial charge in [0.15, 0.2) is 11.5 Å². The Balaban J connectivity index is 3.35. The molecule has 0 bridgehead atoms.